The number of thiophene rings is 1. The van der Waals surface area contributed by atoms with Crippen LogP contribution in [0, 0.1) is 6.92 Å². The van der Waals surface area contributed by atoms with E-state index in [0.29, 0.717) is 21.9 Å². The summed E-state index contributed by atoms with van der Waals surface area (Å²) < 4.78 is 8.62. The maximum atomic E-state index is 13.1. The van der Waals surface area contributed by atoms with Crippen LogP contribution >= 0.6 is 11.3 Å². The van der Waals surface area contributed by atoms with E-state index in [1.54, 1.807) is 30.8 Å². The van der Waals surface area contributed by atoms with Gasteiger partial charge in [0.2, 0.25) is 5.91 Å². The molecule has 0 spiro atoms. The fourth-order valence-corrected chi connectivity index (χ4v) is 5.56. The Labute approximate surface area is 206 Å². The highest BCUT2D eigenvalue weighted by Crippen LogP contribution is 2.38. The van der Waals surface area contributed by atoms with Gasteiger partial charge in [-0.1, -0.05) is 18.2 Å². The van der Waals surface area contributed by atoms with Crippen molar-refractivity contribution in [2.75, 3.05) is 10.6 Å². The van der Waals surface area contributed by atoms with E-state index in [0.717, 1.165) is 36.1 Å². The van der Waals surface area contributed by atoms with Crippen LogP contribution in [-0.2, 0) is 34.2 Å². The van der Waals surface area contributed by atoms with Crippen LogP contribution in [0.2, 0.25) is 0 Å². The molecule has 1 aliphatic rings. The molecule has 0 saturated heterocycles. The van der Waals surface area contributed by atoms with E-state index in [9.17, 15) is 19.2 Å². The normalized spacial score (nSPS) is 13.6. The average molecular weight is 497 g/mol. The first-order valence-electron chi connectivity index (χ1n) is 11.5. The van der Waals surface area contributed by atoms with Crippen LogP contribution in [-0.4, -0.2) is 33.3 Å². The van der Waals surface area contributed by atoms with E-state index in [1.165, 1.54) is 29.9 Å². The lowest BCUT2D eigenvalue weighted by atomic mass is 9.95. The number of anilines is 2. The van der Waals surface area contributed by atoms with Gasteiger partial charge in [0.05, 0.1) is 16.9 Å². The number of rotatable bonds is 6. The van der Waals surface area contributed by atoms with Gasteiger partial charge in [-0.2, -0.15) is 0 Å². The summed E-state index contributed by atoms with van der Waals surface area (Å²) in [4.78, 5) is 51.8. The van der Waals surface area contributed by atoms with Gasteiger partial charge >= 0.3 is 5.97 Å². The van der Waals surface area contributed by atoms with Gasteiger partial charge in [0.25, 0.3) is 11.5 Å². The zero-order chi connectivity index (χ0) is 25.3. The van der Waals surface area contributed by atoms with Crippen molar-refractivity contribution in [3.8, 4) is 5.69 Å². The number of carbonyl (C=O) groups is 3. The number of para-hydroxylation sites is 1. The predicted molar refractivity (Wildman–Crippen MR) is 135 cm³/mol. The number of aromatic nitrogens is 2. The highest BCUT2D eigenvalue weighted by Gasteiger charge is 2.30. The number of fused-ring (bicyclic) bond motifs is 1. The number of esters is 1. The Kier molecular flexibility index (Phi) is 6.93. The summed E-state index contributed by atoms with van der Waals surface area (Å²) in [7, 11) is 1.73. The third-order valence-electron chi connectivity index (χ3n) is 6.12. The van der Waals surface area contributed by atoms with Crippen molar-refractivity contribution in [1.29, 1.82) is 0 Å². The lowest BCUT2D eigenvalue weighted by Crippen LogP contribution is -2.32. The monoisotopic (exact) mass is 496 g/mol. The van der Waals surface area contributed by atoms with Gasteiger partial charge in [-0.3, -0.25) is 19.1 Å². The number of nitrogens with one attached hydrogen (secondary N) is 2. The standard InChI is InChI=1S/C25H28N4O5S/c1-14-21(24(32)29(28(14)4)17-10-6-5-7-11-17)27-22(31)15(2)34-25(33)20-18-12-8-9-13-19(18)35-23(20)26-16(3)30/h5-7,10-11,15H,8-9,12-13H2,1-4H3,(H,26,30)(H,27,31). The average Bonchev–Trinajstić information content (AvgIpc) is 3.28. The molecule has 0 fully saturated rings. The Bertz CT molecular complexity index is 1350. The molecule has 184 valence electrons. The first-order chi connectivity index (χ1) is 16.7. The van der Waals surface area contributed by atoms with Gasteiger partial charge < -0.3 is 15.4 Å². The Morgan fingerprint density at radius 2 is 1.77 bits per heavy atom. The van der Waals surface area contributed by atoms with Crippen LogP contribution < -0.4 is 16.2 Å². The molecule has 2 amide bonds. The van der Waals surface area contributed by atoms with Gasteiger partial charge in [-0.25, -0.2) is 9.48 Å². The van der Waals surface area contributed by atoms with Crippen molar-refractivity contribution in [1.82, 2.24) is 9.36 Å². The zero-order valence-electron chi connectivity index (χ0n) is 20.1. The minimum absolute atomic E-state index is 0.121. The van der Waals surface area contributed by atoms with Gasteiger partial charge in [-0.15, -0.1) is 11.3 Å². The van der Waals surface area contributed by atoms with Crippen molar-refractivity contribution in [3.63, 3.8) is 0 Å². The minimum atomic E-state index is -1.16. The predicted octanol–water partition coefficient (Wildman–Crippen LogP) is 3.57. The Hall–Kier alpha value is -3.66. The Balaban J connectivity index is 1.55. The number of benzene rings is 1. The highest BCUT2D eigenvalue weighted by molar-refractivity contribution is 7.17. The first-order valence-corrected chi connectivity index (χ1v) is 12.3. The molecular weight excluding hydrogens is 468 g/mol. The fourth-order valence-electron chi connectivity index (χ4n) is 4.24. The number of hydrogen-bond acceptors (Lipinski definition) is 6. The second kappa shape index (κ2) is 9.91. The molecule has 1 unspecified atom stereocenters. The molecule has 10 heteroatoms. The fraction of sp³-hybridized carbons (Fsp3) is 0.360. The lowest BCUT2D eigenvalue weighted by molar-refractivity contribution is -0.123. The number of hydrogen-bond donors (Lipinski definition) is 2. The number of amides is 2. The molecule has 9 nitrogen and oxygen atoms in total. The molecule has 35 heavy (non-hydrogen) atoms. The van der Waals surface area contributed by atoms with Crippen LogP contribution in [0.4, 0.5) is 10.7 Å². The summed E-state index contributed by atoms with van der Waals surface area (Å²) in [5, 5.41) is 5.81. The molecule has 0 aliphatic heterocycles. The van der Waals surface area contributed by atoms with E-state index in [4.69, 9.17) is 4.74 Å². The molecule has 2 heterocycles. The summed E-state index contributed by atoms with van der Waals surface area (Å²) >= 11 is 1.38. The highest BCUT2D eigenvalue weighted by atomic mass is 32.1. The van der Waals surface area contributed by atoms with Crippen LogP contribution in [0.3, 0.4) is 0 Å². The molecule has 0 saturated carbocycles. The molecule has 0 bridgehead atoms. The second-order valence-corrected chi connectivity index (χ2v) is 9.67. The van der Waals surface area contributed by atoms with Gasteiger partial charge in [0.15, 0.2) is 6.10 Å². The van der Waals surface area contributed by atoms with Gasteiger partial charge in [0, 0.05) is 18.8 Å². The molecule has 4 rings (SSSR count). The number of carbonyl (C=O) groups excluding carboxylic acids is 3. The van der Waals surface area contributed by atoms with Crippen molar-refractivity contribution >= 4 is 39.8 Å². The third kappa shape index (κ3) is 4.79. The second-order valence-electron chi connectivity index (χ2n) is 8.57. The summed E-state index contributed by atoms with van der Waals surface area (Å²) in [5.74, 6) is -1.56. The molecule has 2 aromatic heterocycles. The smallest absolute Gasteiger partial charge is 0.342 e. The minimum Gasteiger partial charge on any atom is -0.449 e. The van der Waals surface area contributed by atoms with E-state index in [1.807, 2.05) is 18.2 Å². The van der Waals surface area contributed by atoms with Crippen LogP contribution in [0.25, 0.3) is 5.69 Å². The summed E-state index contributed by atoms with van der Waals surface area (Å²) in [6.45, 7) is 4.57. The molecule has 0 radical (unpaired) electrons. The van der Waals surface area contributed by atoms with E-state index in [-0.39, 0.29) is 17.2 Å². The van der Waals surface area contributed by atoms with Crippen LogP contribution in [0.5, 0.6) is 0 Å². The first kappa shape index (κ1) is 24.5. The molecule has 1 aliphatic carbocycles. The molecule has 2 N–H and O–H groups in total. The number of aryl methyl sites for hydroxylation is 1. The quantitative estimate of drug-likeness (QED) is 0.507. The zero-order valence-corrected chi connectivity index (χ0v) is 21.0. The summed E-state index contributed by atoms with van der Waals surface area (Å²) in [6, 6.07) is 9.09. The van der Waals surface area contributed by atoms with Gasteiger partial charge in [0.1, 0.15) is 10.7 Å². The summed E-state index contributed by atoms with van der Waals surface area (Å²) in [5.41, 5.74) is 2.16. The third-order valence-corrected chi connectivity index (χ3v) is 7.33. The molecule has 1 atom stereocenters. The van der Waals surface area contributed by atoms with E-state index in [2.05, 4.69) is 10.6 Å². The Morgan fingerprint density at radius 3 is 2.46 bits per heavy atom. The van der Waals surface area contributed by atoms with Crippen molar-refractivity contribution in [2.24, 2.45) is 7.05 Å². The van der Waals surface area contributed by atoms with Crippen LogP contribution in [0.15, 0.2) is 35.1 Å². The largest absolute Gasteiger partial charge is 0.449 e. The van der Waals surface area contributed by atoms with E-state index < -0.39 is 18.0 Å². The topological polar surface area (TPSA) is 111 Å². The SMILES string of the molecule is CC(=O)Nc1sc2c(c1C(=O)OC(C)C(=O)Nc1c(C)n(C)n(-c3ccccc3)c1=O)CCCC2. The van der Waals surface area contributed by atoms with Crippen LogP contribution in [0.1, 0.15) is 53.2 Å². The van der Waals surface area contributed by atoms with Gasteiger partial charge in [-0.05, 0) is 57.2 Å². The molecule has 3 aromatic rings. The Morgan fingerprint density at radius 1 is 1.09 bits per heavy atom. The van der Waals surface area contributed by atoms with Crippen molar-refractivity contribution in [2.45, 2.75) is 52.6 Å². The number of nitrogens with zero attached hydrogens (tertiary/aromatic N) is 2. The van der Waals surface area contributed by atoms with Crippen molar-refractivity contribution < 1.29 is 19.1 Å². The van der Waals surface area contributed by atoms with Crippen molar-refractivity contribution in [3.05, 3.63) is 62.4 Å². The summed E-state index contributed by atoms with van der Waals surface area (Å²) in [6.07, 6.45) is 2.38. The lowest BCUT2D eigenvalue weighted by Gasteiger charge is -2.16. The number of ether oxygens (including phenoxy) is 1. The maximum absolute atomic E-state index is 13.1. The molecular formula is C25H28N4O5S. The molecule has 1 aromatic carbocycles. The maximum Gasteiger partial charge on any atom is 0.342 e. The van der Waals surface area contributed by atoms with E-state index >= 15 is 0 Å².